The van der Waals surface area contributed by atoms with E-state index < -0.39 is 17.3 Å². The monoisotopic (exact) mass is 375 g/mol. The minimum atomic E-state index is -0.735. The fourth-order valence-corrected chi connectivity index (χ4v) is 3.81. The Labute approximate surface area is 157 Å². The lowest BCUT2D eigenvalue weighted by molar-refractivity contribution is 0.0266. The molecule has 1 fully saturated rings. The number of aliphatic hydroxyl groups is 1. The molecule has 0 aliphatic carbocycles. The molecule has 8 heteroatoms. The van der Waals surface area contributed by atoms with Crippen molar-refractivity contribution in [3.05, 3.63) is 34.9 Å². The van der Waals surface area contributed by atoms with Crippen molar-refractivity contribution in [2.24, 2.45) is 11.7 Å². The normalized spacial score (nSPS) is 19.9. The highest BCUT2D eigenvalue weighted by atomic mass is 19.1. The molecule has 2 aliphatic heterocycles. The Kier molecular flexibility index (Phi) is 5.21. The van der Waals surface area contributed by atoms with Crippen LogP contribution in [-0.2, 0) is 0 Å². The van der Waals surface area contributed by atoms with Crippen molar-refractivity contribution >= 4 is 23.5 Å². The lowest BCUT2D eigenvalue weighted by Gasteiger charge is -2.35. The van der Waals surface area contributed by atoms with E-state index >= 15 is 0 Å². The molecule has 0 bridgehead atoms. The van der Waals surface area contributed by atoms with E-state index in [1.165, 1.54) is 12.3 Å². The molecule has 146 valence electrons. The van der Waals surface area contributed by atoms with Crippen molar-refractivity contribution in [2.75, 3.05) is 30.3 Å². The van der Waals surface area contributed by atoms with Gasteiger partial charge in [0.05, 0.1) is 22.5 Å². The van der Waals surface area contributed by atoms with Crippen LogP contribution in [0.1, 0.15) is 37.0 Å². The number of β-amino-alcohol motifs (C(OH)–C–C–N with tert-alkyl or cyclic N) is 1. The topological polar surface area (TPSA) is 114 Å². The van der Waals surface area contributed by atoms with Crippen LogP contribution in [0, 0.1) is 17.1 Å². The zero-order chi connectivity index (χ0) is 19.8. The molecule has 2 heterocycles. The van der Waals surface area contributed by atoms with Crippen LogP contribution in [-0.4, -0.2) is 47.4 Å². The quantitative estimate of drug-likeness (QED) is 0.506. The van der Waals surface area contributed by atoms with E-state index in [2.05, 4.69) is 15.5 Å². The van der Waals surface area contributed by atoms with Crippen LogP contribution in [0.5, 0.6) is 0 Å². The average Bonchev–Trinajstić information content (AvgIpc) is 2.98. The van der Waals surface area contributed by atoms with Gasteiger partial charge in [-0.1, -0.05) is 0 Å². The van der Waals surface area contributed by atoms with E-state index in [-0.39, 0.29) is 11.5 Å². The number of allylic oxidation sites excluding steroid dienone is 1. The predicted octanol–water partition coefficient (Wildman–Crippen LogP) is 2.11. The molecule has 1 amide bonds. The summed E-state index contributed by atoms with van der Waals surface area (Å²) in [7, 11) is 0. The van der Waals surface area contributed by atoms with Crippen molar-refractivity contribution in [2.45, 2.75) is 32.3 Å². The number of amides is 1. The number of benzene rings is 1. The van der Waals surface area contributed by atoms with E-state index in [0.717, 1.165) is 37.6 Å². The minimum absolute atomic E-state index is 0.0804. The third-order valence-electron chi connectivity index (χ3n) is 4.96. The number of nitrogens with zero attached hydrogens (tertiary/aromatic N) is 1. The Balaban J connectivity index is 1.78. The molecule has 0 unspecified atom stereocenters. The van der Waals surface area contributed by atoms with Crippen molar-refractivity contribution < 1.29 is 14.3 Å². The summed E-state index contributed by atoms with van der Waals surface area (Å²) in [6.45, 7) is 5.85. The Hall–Kier alpha value is -2.45. The van der Waals surface area contributed by atoms with E-state index in [1.54, 1.807) is 13.8 Å². The molecular formula is C19H26FN5O2. The van der Waals surface area contributed by atoms with Crippen molar-refractivity contribution in [3.8, 4) is 0 Å². The summed E-state index contributed by atoms with van der Waals surface area (Å²) in [5.74, 6) is -0.507. The second-order valence-electron chi connectivity index (χ2n) is 7.83. The first-order valence-corrected chi connectivity index (χ1v) is 9.04. The summed E-state index contributed by atoms with van der Waals surface area (Å²) in [5.41, 5.74) is 6.37. The summed E-state index contributed by atoms with van der Waals surface area (Å²) in [6, 6.07) is 2.41. The van der Waals surface area contributed by atoms with Crippen molar-refractivity contribution in [1.29, 1.82) is 5.41 Å². The van der Waals surface area contributed by atoms with Crippen molar-refractivity contribution in [1.82, 2.24) is 4.90 Å². The maximum Gasteiger partial charge on any atom is 0.250 e. The van der Waals surface area contributed by atoms with Crippen LogP contribution in [0.25, 0.3) is 0 Å². The summed E-state index contributed by atoms with van der Waals surface area (Å²) in [6.07, 6.45) is 3.00. The highest BCUT2D eigenvalue weighted by Crippen LogP contribution is 2.37. The number of rotatable bonds is 5. The first-order valence-electron chi connectivity index (χ1n) is 9.04. The number of carbonyl (C=O) groups is 1. The van der Waals surface area contributed by atoms with Crippen LogP contribution in [0.2, 0.25) is 0 Å². The Bertz CT molecular complexity index is 792. The molecule has 2 aliphatic rings. The van der Waals surface area contributed by atoms with Crippen molar-refractivity contribution in [3.63, 3.8) is 0 Å². The van der Waals surface area contributed by atoms with Crippen LogP contribution in [0.3, 0.4) is 0 Å². The number of carbonyl (C=O) groups excluding carboxylic acids is 1. The van der Waals surface area contributed by atoms with Gasteiger partial charge < -0.3 is 31.8 Å². The van der Waals surface area contributed by atoms with E-state index in [4.69, 9.17) is 11.1 Å². The first-order chi connectivity index (χ1) is 12.7. The van der Waals surface area contributed by atoms with Gasteiger partial charge in [0.2, 0.25) is 0 Å². The number of hydrogen-bond acceptors (Lipinski definition) is 6. The van der Waals surface area contributed by atoms with E-state index in [1.807, 2.05) is 0 Å². The molecule has 0 aromatic heterocycles. The summed E-state index contributed by atoms with van der Waals surface area (Å²) >= 11 is 0. The Morgan fingerprint density at radius 3 is 2.63 bits per heavy atom. The second-order valence-corrected chi connectivity index (χ2v) is 7.83. The number of fused-ring (bicyclic) bond motifs is 1. The zero-order valence-electron chi connectivity index (χ0n) is 15.6. The fraction of sp³-hybridized carbons (Fsp3) is 0.474. The number of likely N-dealkylation sites (tertiary alicyclic amines) is 1. The van der Waals surface area contributed by atoms with Crippen LogP contribution >= 0.6 is 0 Å². The SMILES string of the molecule is CC(C)(O)CN1CCC(/C(C=N)=C2\Nc3cc(F)cc(C(N)=O)c3N2)CC1. The first kappa shape index (κ1) is 19.3. The van der Waals surface area contributed by atoms with Crippen LogP contribution < -0.4 is 16.4 Å². The highest BCUT2D eigenvalue weighted by Gasteiger charge is 2.29. The molecule has 1 saturated heterocycles. The second kappa shape index (κ2) is 7.28. The molecule has 7 nitrogen and oxygen atoms in total. The number of nitrogens with one attached hydrogen (secondary N) is 3. The lowest BCUT2D eigenvalue weighted by Crippen LogP contribution is -2.43. The number of anilines is 2. The molecule has 27 heavy (non-hydrogen) atoms. The van der Waals surface area contributed by atoms with Gasteiger partial charge in [0.15, 0.2) is 0 Å². The molecule has 6 N–H and O–H groups in total. The molecule has 3 rings (SSSR count). The molecule has 0 saturated carbocycles. The van der Waals surface area contributed by atoms with E-state index in [0.29, 0.717) is 23.7 Å². The highest BCUT2D eigenvalue weighted by molar-refractivity contribution is 6.04. The van der Waals surface area contributed by atoms with Gasteiger partial charge in [-0.2, -0.15) is 0 Å². The number of piperidine rings is 1. The van der Waals surface area contributed by atoms with Gasteiger partial charge >= 0.3 is 0 Å². The maximum atomic E-state index is 13.8. The molecule has 1 aromatic carbocycles. The molecule has 0 atom stereocenters. The van der Waals surface area contributed by atoms with Gasteiger partial charge in [0, 0.05) is 18.3 Å². The van der Waals surface area contributed by atoms with Gasteiger partial charge in [-0.3, -0.25) is 4.79 Å². The third kappa shape index (κ3) is 4.28. The lowest BCUT2D eigenvalue weighted by atomic mass is 9.89. The number of primary amides is 1. The Morgan fingerprint density at radius 1 is 1.41 bits per heavy atom. The number of nitrogens with two attached hydrogens (primary N) is 1. The fourth-order valence-electron chi connectivity index (χ4n) is 3.81. The Morgan fingerprint density at radius 2 is 2.07 bits per heavy atom. The van der Waals surface area contributed by atoms with Gasteiger partial charge in [-0.25, -0.2) is 4.39 Å². The molecule has 0 spiro atoms. The molecule has 0 radical (unpaired) electrons. The predicted molar refractivity (Wildman–Crippen MR) is 103 cm³/mol. The standard InChI is InChI=1S/C19H26FN5O2/c1-19(2,27)10-25-5-3-11(4-6-25)14(9-21)18-23-15-8-12(20)7-13(17(22)26)16(15)24-18/h7-9,11,21,23-24,27H,3-6,10H2,1-2H3,(H2,22,26)/b18-14+,21-9?. The summed E-state index contributed by atoms with van der Waals surface area (Å²) in [4.78, 5) is 13.8. The van der Waals surface area contributed by atoms with E-state index in [9.17, 15) is 14.3 Å². The smallest absolute Gasteiger partial charge is 0.250 e. The largest absolute Gasteiger partial charge is 0.389 e. The van der Waals surface area contributed by atoms with Crippen LogP contribution in [0.4, 0.5) is 15.8 Å². The van der Waals surface area contributed by atoms with Gasteiger partial charge in [0.1, 0.15) is 11.6 Å². The number of halogens is 1. The number of hydrogen-bond donors (Lipinski definition) is 5. The summed E-state index contributed by atoms with van der Waals surface area (Å²) < 4.78 is 13.8. The molecular weight excluding hydrogens is 349 g/mol. The van der Waals surface area contributed by atoms with Crippen LogP contribution in [0.15, 0.2) is 23.5 Å². The maximum absolute atomic E-state index is 13.8. The molecule has 1 aromatic rings. The van der Waals surface area contributed by atoms with Gasteiger partial charge in [-0.05, 0) is 57.8 Å². The summed E-state index contributed by atoms with van der Waals surface area (Å²) in [5, 5.41) is 24.0. The van der Waals surface area contributed by atoms with Gasteiger partial charge in [-0.15, -0.1) is 0 Å². The third-order valence-corrected chi connectivity index (χ3v) is 4.96. The minimum Gasteiger partial charge on any atom is -0.389 e. The van der Waals surface area contributed by atoms with Gasteiger partial charge in [0.25, 0.3) is 5.91 Å². The average molecular weight is 375 g/mol. The zero-order valence-corrected chi connectivity index (χ0v) is 15.6.